The molecule has 0 N–H and O–H groups in total. The van der Waals surface area contributed by atoms with Gasteiger partial charge in [-0.05, 0) is 49.4 Å². The average Bonchev–Trinajstić information content (AvgIpc) is 3.28. The number of nitrogens with zero attached hydrogens (tertiary/aromatic N) is 3. The van der Waals surface area contributed by atoms with E-state index in [1.54, 1.807) is 12.1 Å². The number of hydrogen-bond donors (Lipinski definition) is 0. The lowest BCUT2D eigenvalue weighted by Gasteiger charge is -2.21. The first-order valence-electron chi connectivity index (χ1n) is 8.15. The van der Waals surface area contributed by atoms with Gasteiger partial charge >= 0.3 is 0 Å². The van der Waals surface area contributed by atoms with Crippen LogP contribution in [0.3, 0.4) is 0 Å². The van der Waals surface area contributed by atoms with Crippen molar-refractivity contribution in [3.63, 3.8) is 0 Å². The van der Waals surface area contributed by atoms with Crippen molar-refractivity contribution in [2.45, 2.75) is 31.4 Å². The lowest BCUT2D eigenvalue weighted by molar-refractivity contribution is -0.128. The van der Waals surface area contributed by atoms with E-state index in [9.17, 15) is 4.79 Å². The lowest BCUT2D eigenvalue weighted by Crippen LogP contribution is -2.34. The number of halogens is 1. The molecule has 0 atom stereocenters. The first kappa shape index (κ1) is 17.3. The summed E-state index contributed by atoms with van der Waals surface area (Å²) in [5.74, 6) is 1.60. The van der Waals surface area contributed by atoms with E-state index in [1.165, 1.54) is 24.6 Å². The molecule has 1 aliphatic rings. The van der Waals surface area contributed by atoms with E-state index in [0.29, 0.717) is 27.8 Å². The third kappa shape index (κ3) is 4.74. The SMILES string of the molecule is CCCN(CC1CC1)C(=O)CSc1nnc(-c2ccc(Cl)cc2)o1. The van der Waals surface area contributed by atoms with E-state index in [1.807, 2.05) is 17.0 Å². The van der Waals surface area contributed by atoms with Crippen molar-refractivity contribution in [3.05, 3.63) is 29.3 Å². The number of carbonyl (C=O) groups is 1. The molecular weight excluding hydrogens is 346 g/mol. The Labute approximate surface area is 150 Å². The monoisotopic (exact) mass is 365 g/mol. The summed E-state index contributed by atoms with van der Waals surface area (Å²) in [7, 11) is 0. The van der Waals surface area contributed by atoms with Crippen molar-refractivity contribution in [1.29, 1.82) is 0 Å². The van der Waals surface area contributed by atoms with Crippen LogP contribution in [0.1, 0.15) is 26.2 Å². The second-order valence-electron chi connectivity index (χ2n) is 5.95. The van der Waals surface area contributed by atoms with E-state index in [-0.39, 0.29) is 5.91 Å². The molecule has 2 aromatic rings. The van der Waals surface area contributed by atoms with Crippen LogP contribution in [0.2, 0.25) is 5.02 Å². The topological polar surface area (TPSA) is 59.2 Å². The fourth-order valence-corrected chi connectivity index (χ4v) is 3.18. The standard InChI is InChI=1S/C17H20ClN3O2S/c1-2-9-21(10-12-3-4-12)15(22)11-24-17-20-19-16(23-17)13-5-7-14(18)8-6-13/h5-8,12H,2-4,9-11H2,1H3. The highest BCUT2D eigenvalue weighted by Gasteiger charge is 2.26. The van der Waals surface area contributed by atoms with E-state index in [0.717, 1.165) is 25.1 Å². The van der Waals surface area contributed by atoms with Gasteiger partial charge in [-0.25, -0.2) is 0 Å². The second kappa shape index (κ2) is 8.03. The van der Waals surface area contributed by atoms with Crippen LogP contribution in [0.5, 0.6) is 0 Å². The van der Waals surface area contributed by atoms with Gasteiger partial charge in [0, 0.05) is 23.7 Å². The molecule has 1 aromatic carbocycles. The number of amides is 1. The summed E-state index contributed by atoms with van der Waals surface area (Å²) in [5, 5.41) is 9.11. The maximum atomic E-state index is 12.4. The molecule has 1 fully saturated rings. The van der Waals surface area contributed by atoms with Crippen molar-refractivity contribution < 1.29 is 9.21 Å². The van der Waals surface area contributed by atoms with Crippen molar-refractivity contribution in [3.8, 4) is 11.5 Å². The Balaban J connectivity index is 1.56. The second-order valence-corrected chi connectivity index (χ2v) is 7.31. The lowest BCUT2D eigenvalue weighted by atomic mass is 10.2. The Morgan fingerprint density at radius 2 is 2.08 bits per heavy atom. The molecule has 0 aliphatic heterocycles. The van der Waals surface area contributed by atoms with Gasteiger partial charge < -0.3 is 9.32 Å². The zero-order valence-corrected chi connectivity index (χ0v) is 15.1. The summed E-state index contributed by atoms with van der Waals surface area (Å²) >= 11 is 7.16. The molecule has 5 nitrogen and oxygen atoms in total. The predicted octanol–water partition coefficient (Wildman–Crippen LogP) is 4.13. The molecule has 24 heavy (non-hydrogen) atoms. The zero-order valence-electron chi connectivity index (χ0n) is 13.6. The first-order valence-corrected chi connectivity index (χ1v) is 9.52. The molecule has 7 heteroatoms. The minimum atomic E-state index is 0.139. The van der Waals surface area contributed by atoms with Crippen LogP contribution >= 0.6 is 23.4 Å². The minimum absolute atomic E-state index is 0.139. The van der Waals surface area contributed by atoms with Crippen LogP contribution < -0.4 is 0 Å². The molecule has 0 radical (unpaired) electrons. The number of carbonyl (C=O) groups excluding carboxylic acids is 1. The van der Waals surface area contributed by atoms with Crippen molar-refractivity contribution in [1.82, 2.24) is 15.1 Å². The Hall–Kier alpha value is -1.53. The molecule has 0 unspecified atom stereocenters. The highest BCUT2D eigenvalue weighted by Crippen LogP contribution is 2.30. The molecule has 0 saturated heterocycles. The van der Waals surface area contributed by atoms with Gasteiger partial charge in [0.05, 0.1) is 5.75 Å². The Kier molecular flexibility index (Phi) is 5.79. The fraction of sp³-hybridized carbons (Fsp3) is 0.471. The minimum Gasteiger partial charge on any atom is -0.411 e. The van der Waals surface area contributed by atoms with Crippen LogP contribution in [0.4, 0.5) is 0 Å². The van der Waals surface area contributed by atoms with Gasteiger partial charge in [0.15, 0.2) is 0 Å². The molecule has 3 rings (SSSR count). The third-order valence-electron chi connectivity index (χ3n) is 3.84. The molecular formula is C17H20ClN3O2S. The summed E-state index contributed by atoms with van der Waals surface area (Å²) in [6.45, 7) is 3.79. The molecule has 1 heterocycles. The predicted molar refractivity (Wildman–Crippen MR) is 95.1 cm³/mol. The van der Waals surface area contributed by atoms with Crippen molar-refractivity contribution in [2.75, 3.05) is 18.8 Å². The number of hydrogen-bond acceptors (Lipinski definition) is 5. The Morgan fingerprint density at radius 1 is 1.33 bits per heavy atom. The maximum absolute atomic E-state index is 12.4. The summed E-state index contributed by atoms with van der Waals surface area (Å²) in [4.78, 5) is 14.3. The molecule has 1 aromatic heterocycles. The van der Waals surface area contributed by atoms with Gasteiger partial charge in [0.2, 0.25) is 11.8 Å². The van der Waals surface area contributed by atoms with Gasteiger partial charge in [0.1, 0.15) is 0 Å². The summed E-state index contributed by atoms with van der Waals surface area (Å²) in [6, 6.07) is 7.21. The quantitative estimate of drug-likeness (QED) is 0.658. The molecule has 1 saturated carbocycles. The first-order chi connectivity index (χ1) is 11.7. The van der Waals surface area contributed by atoms with Crippen molar-refractivity contribution in [2.24, 2.45) is 5.92 Å². The van der Waals surface area contributed by atoms with Crippen LogP contribution in [-0.4, -0.2) is 39.8 Å². The fourth-order valence-electron chi connectivity index (χ4n) is 2.39. The van der Waals surface area contributed by atoms with Gasteiger partial charge in [-0.2, -0.15) is 0 Å². The summed E-state index contributed by atoms with van der Waals surface area (Å²) in [6.07, 6.45) is 3.47. The van der Waals surface area contributed by atoms with E-state index < -0.39 is 0 Å². The van der Waals surface area contributed by atoms with Gasteiger partial charge in [-0.3, -0.25) is 4.79 Å². The summed E-state index contributed by atoms with van der Waals surface area (Å²) < 4.78 is 5.62. The Morgan fingerprint density at radius 3 is 2.75 bits per heavy atom. The highest BCUT2D eigenvalue weighted by atomic mass is 35.5. The van der Waals surface area contributed by atoms with Crippen molar-refractivity contribution >= 4 is 29.3 Å². The molecule has 0 bridgehead atoms. The molecule has 0 spiro atoms. The molecule has 1 amide bonds. The Bertz CT molecular complexity index is 685. The van der Waals surface area contributed by atoms with Crippen LogP contribution in [0.15, 0.2) is 33.9 Å². The zero-order chi connectivity index (χ0) is 16.9. The summed E-state index contributed by atoms with van der Waals surface area (Å²) in [5.41, 5.74) is 0.811. The number of benzene rings is 1. The molecule has 128 valence electrons. The van der Waals surface area contributed by atoms with Crippen LogP contribution in [-0.2, 0) is 4.79 Å². The normalized spacial score (nSPS) is 13.9. The van der Waals surface area contributed by atoms with Crippen LogP contribution in [0.25, 0.3) is 11.5 Å². The highest BCUT2D eigenvalue weighted by molar-refractivity contribution is 7.99. The van der Waals surface area contributed by atoms with Gasteiger partial charge in [-0.15, -0.1) is 10.2 Å². The number of rotatable bonds is 8. The smallest absolute Gasteiger partial charge is 0.277 e. The maximum Gasteiger partial charge on any atom is 0.277 e. The van der Waals surface area contributed by atoms with E-state index >= 15 is 0 Å². The van der Waals surface area contributed by atoms with E-state index in [2.05, 4.69) is 17.1 Å². The van der Waals surface area contributed by atoms with E-state index in [4.69, 9.17) is 16.0 Å². The molecule has 1 aliphatic carbocycles. The van der Waals surface area contributed by atoms with Gasteiger partial charge in [-0.1, -0.05) is 30.3 Å². The van der Waals surface area contributed by atoms with Crippen LogP contribution in [0, 0.1) is 5.92 Å². The number of aromatic nitrogens is 2. The number of thioether (sulfide) groups is 1. The third-order valence-corrected chi connectivity index (χ3v) is 4.89. The van der Waals surface area contributed by atoms with Gasteiger partial charge in [0.25, 0.3) is 5.22 Å². The largest absolute Gasteiger partial charge is 0.411 e. The average molecular weight is 366 g/mol.